The summed E-state index contributed by atoms with van der Waals surface area (Å²) in [6.45, 7) is 4.40. The first kappa shape index (κ1) is 15.8. The Morgan fingerprint density at radius 2 is 1.96 bits per heavy atom. The fraction of sp³-hybridized carbons (Fsp3) is 0.348. The van der Waals surface area contributed by atoms with Crippen molar-refractivity contribution >= 4 is 22.7 Å². The summed E-state index contributed by atoms with van der Waals surface area (Å²) in [5, 5.41) is 1.44. The van der Waals surface area contributed by atoms with Gasteiger partial charge in [0.25, 0.3) is 0 Å². The molecular formula is C23H25N3. The minimum absolute atomic E-state index is 0.573. The number of benzene rings is 1. The lowest BCUT2D eigenvalue weighted by Crippen LogP contribution is -2.34. The molecule has 0 N–H and O–H groups in total. The van der Waals surface area contributed by atoms with Crippen LogP contribution in [0.4, 0.5) is 0 Å². The minimum atomic E-state index is 0.573. The van der Waals surface area contributed by atoms with Crippen LogP contribution in [-0.4, -0.2) is 27.5 Å². The molecule has 5 rings (SSSR count). The topological polar surface area (TPSA) is 21.1 Å². The summed E-state index contributed by atoms with van der Waals surface area (Å²) in [7, 11) is 2.31. The van der Waals surface area contributed by atoms with Crippen molar-refractivity contribution in [1.29, 1.82) is 0 Å². The molecule has 4 heterocycles. The van der Waals surface area contributed by atoms with E-state index in [1.807, 2.05) is 12.4 Å². The van der Waals surface area contributed by atoms with Crippen molar-refractivity contribution in [3.05, 3.63) is 65.1 Å². The van der Waals surface area contributed by atoms with Crippen molar-refractivity contribution in [3.63, 3.8) is 0 Å². The van der Waals surface area contributed by atoms with Gasteiger partial charge in [-0.2, -0.15) is 0 Å². The van der Waals surface area contributed by atoms with Crippen molar-refractivity contribution in [1.82, 2.24) is 14.5 Å². The molecule has 0 saturated carbocycles. The molecule has 0 radical (unpaired) electrons. The van der Waals surface area contributed by atoms with E-state index in [-0.39, 0.29) is 0 Å². The van der Waals surface area contributed by atoms with Crippen LogP contribution in [0.1, 0.15) is 48.2 Å². The third-order valence-corrected chi connectivity index (χ3v) is 6.36. The fourth-order valence-electron chi connectivity index (χ4n) is 4.95. The SMILES string of the molecule is CC(=Cn1c2c(c3cc(C)ccc31)C1CCC(C2)N1C)c1ccncc1. The number of pyridine rings is 1. The molecule has 1 aromatic carbocycles. The number of likely N-dealkylation sites (N-methyl/N-ethyl adjacent to an activating group) is 1. The average molecular weight is 343 g/mol. The van der Waals surface area contributed by atoms with Gasteiger partial charge in [0.05, 0.1) is 5.52 Å². The van der Waals surface area contributed by atoms with Crippen LogP contribution in [0.15, 0.2) is 42.7 Å². The highest BCUT2D eigenvalue weighted by molar-refractivity contribution is 5.91. The molecule has 2 aliphatic heterocycles. The normalized spacial score (nSPS) is 22.8. The molecule has 0 amide bonds. The van der Waals surface area contributed by atoms with E-state index in [1.54, 1.807) is 5.56 Å². The fourth-order valence-corrected chi connectivity index (χ4v) is 4.95. The van der Waals surface area contributed by atoms with E-state index in [4.69, 9.17) is 0 Å². The van der Waals surface area contributed by atoms with E-state index in [1.165, 1.54) is 46.1 Å². The second kappa shape index (κ2) is 5.82. The molecule has 26 heavy (non-hydrogen) atoms. The van der Waals surface area contributed by atoms with Gasteiger partial charge >= 0.3 is 0 Å². The van der Waals surface area contributed by atoms with Crippen molar-refractivity contribution in [2.75, 3.05) is 7.05 Å². The Hall–Kier alpha value is -2.39. The standard InChI is InChI=1S/C23H25N3/c1-15-4-6-20-19(12-15)23-21-7-5-18(25(21)3)13-22(23)26(20)14-16(2)17-8-10-24-11-9-17/h4,6,8-12,14,18,21H,5,7,13H2,1-3H3. The molecule has 132 valence electrons. The second-order valence-corrected chi connectivity index (χ2v) is 7.92. The van der Waals surface area contributed by atoms with Crippen LogP contribution >= 0.6 is 0 Å². The lowest BCUT2D eigenvalue weighted by Gasteiger charge is -2.32. The smallest absolute Gasteiger partial charge is 0.0529 e. The summed E-state index contributed by atoms with van der Waals surface area (Å²) in [5.74, 6) is 0. The summed E-state index contributed by atoms with van der Waals surface area (Å²) in [6.07, 6.45) is 9.82. The summed E-state index contributed by atoms with van der Waals surface area (Å²) < 4.78 is 2.47. The zero-order valence-corrected chi connectivity index (χ0v) is 15.7. The maximum atomic E-state index is 4.15. The number of allylic oxidation sites excluding steroid dienone is 1. The van der Waals surface area contributed by atoms with Crippen LogP contribution in [0.5, 0.6) is 0 Å². The van der Waals surface area contributed by atoms with Gasteiger partial charge < -0.3 is 4.57 Å². The highest BCUT2D eigenvalue weighted by atomic mass is 15.2. The molecule has 2 bridgehead atoms. The summed E-state index contributed by atoms with van der Waals surface area (Å²) >= 11 is 0. The molecule has 3 heteroatoms. The Balaban J connectivity index is 1.75. The molecule has 0 aliphatic carbocycles. The van der Waals surface area contributed by atoms with Crippen LogP contribution in [0, 0.1) is 6.92 Å². The number of aromatic nitrogens is 2. The Kier molecular flexibility index (Phi) is 3.54. The minimum Gasteiger partial charge on any atom is -0.320 e. The van der Waals surface area contributed by atoms with E-state index >= 15 is 0 Å². The highest BCUT2D eigenvalue weighted by Gasteiger charge is 2.40. The van der Waals surface area contributed by atoms with Gasteiger partial charge in [-0.3, -0.25) is 9.88 Å². The van der Waals surface area contributed by atoms with Crippen molar-refractivity contribution < 1.29 is 0 Å². The zero-order chi connectivity index (χ0) is 17.8. The maximum absolute atomic E-state index is 4.15. The maximum Gasteiger partial charge on any atom is 0.0529 e. The number of nitrogens with zero attached hydrogens (tertiary/aromatic N) is 3. The van der Waals surface area contributed by atoms with Gasteiger partial charge in [-0.15, -0.1) is 0 Å². The van der Waals surface area contributed by atoms with Gasteiger partial charge in [0, 0.05) is 48.2 Å². The van der Waals surface area contributed by atoms with E-state index in [2.05, 4.69) is 71.9 Å². The highest BCUT2D eigenvalue weighted by Crippen LogP contribution is 2.47. The predicted octanol–water partition coefficient (Wildman–Crippen LogP) is 5.05. The Bertz CT molecular complexity index is 1010. The van der Waals surface area contributed by atoms with Gasteiger partial charge in [0.15, 0.2) is 0 Å². The van der Waals surface area contributed by atoms with E-state index in [0.717, 1.165) is 6.42 Å². The molecular weight excluding hydrogens is 318 g/mol. The van der Waals surface area contributed by atoms with Crippen molar-refractivity contribution in [2.45, 2.75) is 45.2 Å². The van der Waals surface area contributed by atoms with Gasteiger partial charge in [-0.25, -0.2) is 0 Å². The summed E-state index contributed by atoms with van der Waals surface area (Å²) in [5.41, 5.74) is 8.28. The Labute approximate surface area is 155 Å². The van der Waals surface area contributed by atoms with Crippen LogP contribution in [0.25, 0.3) is 22.7 Å². The number of rotatable bonds is 2. The molecule has 1 saturated heterocycles. The second-order valence-electron chi connectivity index (χ2n) is 7.92. The monoisotopic (exact) mass is 343 g/mol. The van der Waals surface area contributed by atoms with Gasteiger partial charge in [-0.1, -0.05) is 11.6 Å². The average Bonchev–Trinajstić information content (AvgIpc) is 3.06. The predicted molar refractivity (Wildman–Crippen MR) is 108 cm³/mol. The molecule has 3 nitrogen and oxygen atoms in total. The zero-order valence-electron chi connectivity index (χ0n) is 15.7. The van der Waals surface area contributed by atoms with Crippen LogP contribution in [0.2, 0.25) is 0 Å². The van der Waals surface area contributed by atoms with Crippen molar-refractivity contribution in [3.8, 4) is 0 Å². The van der Waals surface area contributed by atoms with E-state index in [0.29, 0.717) is 12.1 Å². The quantitative estimate of drug-likeness (QED) is 0.649. The lowest BCUT2D eigenvalue weighted by molar-refractivity contribution is 0.223. The number of hydrogen-bond acceptors (Lipinski definition) is 2. The van der Waals surface area contributed by atoms with Gasteiger partial charge in [0.1, 0.15) is 0 Å². The van der Waals surface area contributed by atoms with Crippen LogP contribution in [0.3, 0.4) is 0 Å². The van der Waals surface area contributed by atoms with Gasteiger partial charge in [0.2, 0.25) is 0 Å². The van der Waals surface area contributed by atoms with Gasteiger partial charge in [-0.05, 0) is 74.7 Å². The van der Waals surface area contributed by atoms with Crippen molar-refractivity contribution in [2.24, 2.45) is 0 Å². The first-order valence-corrected chi connectivity index (χ1v) is 9.57. The molecule has 2 aromatic heterocycles. The molecule has 1 fully saturated rings. The third-order valence-electron chi connectivity index (χ3n) is 6.36. The first-order chi connectivity index (χ1) is 12.6. The Morgan fingerprint density at radius 1 is 1.15 bits per heavy atom. The molecule has 2 aliphatic rings. The Morgan fingerprint density at radius 3 is 2.77 bits per heavy atom. The molecule has 3 aromatic rings. The molecule has 0 spiro atoms. The number of hydrogen-bond donors (Lipinski definition) is 0. The summed E-state index contributed by atoms with van der Waals surface area (Å²) in [4.78, 5) is 6.76. The van der Waals surface area contributed by atoms with E-state index < -0.39 is 0 Å². The van der Waals surface area contributed by atoms with E-state index in [9.17, 15) is 0 Å². The molecule has 2 unspecified atom stereocenters. The molecule has 2 atom stereocenters. The van der Waals surface area contributed by atoms with Crippen LogP contribution in [-0.2, 0) is 6.42 Å². The lowest BCUT2D eigenvalue weighted by atomic mass is 9.97. The first-order valence-electron chi connectivity index (χ1n) is 9.57. The number of aryl methyl sites for hydroxylation is 1. The van der Waals surface area contributed by atoms with Crippen LogP contribution < -0.4 is 0 Å². The number of fused-ring (bicyclic) bond motifs is 6. The largest absolute Gasteiger partial charge is 0.320 e. The summed E-state index contributed by atoms with van der Waals surface area (Å²) in [6, 6.07) is 12.4. The third kappa shape index (κ3) is 2.27.